The zero-order valence-corrected chi connectivity index (χ0v) is 9.93. The normalized spacial score (nSPS) is 11.9. The van der Waals surface area contributed by atoms with Crippen LogP contribution in [0.15, 0.2) is 22.7 Å². The van der Waals surface area contributed by atoms with Crippen molar-refractivity contribution in [3.05, 3.63) is 32.8 Å². The molecule has 0 aliphatic carbocycles. The van der Waals surface area contributed by atoms with Crippen molar-refractivity contribution in [2.75, 3.05) is 0 Å². The van der Waals surface area contributed by atoms with Crippen molar-refractivity contribution < 1.29 is 14.5 Å². The number of carbonyl (C=O) groups excluding carboxylic acids is 1. The van der Waals surface area contributed by atoms with Crippen LogP contribution in [0.25, 0.3) is 0 Å². The Morgan fingerprint density at radius 2 is 2.25 bits per heavy atom. The first-order valence-electron chi connectivity index (χ1n) is 4.32. The molecule has 0 fully saturated rings. The largest absolute Gasteiger partial charge is 0.473 e. The predicted octanol–water partition coefficient (Wildman–Crippen LogP) is 1.61. The maximum Gasteiger partial charge on any atom is 0.312 e. The van der Waals surface area contributed by atoms with E-state index in [0.717, 1.165) is 0 Å². The van der Waals surface area contributed by atoms with Gasteiger partial charge in [0, 0.05) is 6.07 Å². The van der Waals surface area contributed by atoms with Gasteiger partial charge in [-0.05, 0) is 28.9 Å². The lowest BCUT2D eigenvalue weighted by molar-refractivity contribution is -0.386. The Labute approximate surface area is 99.7 Å². The minimum absolute atomic E-state index is 0.00111. The fraction of sp³-hybridized carbons (Fsp3) is 0.222. The van der Waals surface area contributed by atoms with Crippen LogP contribution in [0.5, 0.6) is 5.75 Å². The molecule has 16 heavy (non-hydrogen) atoms. The summed E-state index contributed by atoms with van der Waals surface area (Å²) in [6.07, 6.45) is -0.933. The molecule has 0 bridgehead atoms. The summed E-state index contributed by atoms with van der Waals surface area (Å²) in [5, 5.41) is 10.7. The number of nitro benzene ring substituents is 1. The third-order valence-electron chi connectivity index (χ3n) is 1.84. The van der Waals surface area contributed by atoms with Crippen LogP contribution >= 0.6 is 15.9 Å². The van der Waals surface area contributed by atoms with E-state index in [4.69, 9.17) is 10.5 Å². The molecular formula is C9H9BrN2O4. The molecule has 1 unspecified atom stereocenters. The van der Waals surface area contributed by atoms with E-state index in [1.54, 1.807) is 6.07 Å². The van der Waals surface area contributed by atoms with E-state index in [-0.39, 0.29) is 11.4 Å². The van der Waals surface area contributed by atoms with Gasteiger partial charge in [-0.1, -0.05) is 6.07 Å². The summed E-state index contributed by atoms with van der Waals surface area (Å²) in [6, 6.07) is 4.37. The molecule has 6 nitrogen and oxygen atoms in total. The van der Waals surface area contributed by atoms with Crippen molar-refractivity contribution in [2.24, 2.45) is 5.73 Å². The Morgan fingerprint density at radius 1 is 1.62 bits per heavy atom. The third kappa shape index (κ3) is 2.69. The van der Waals surface area contributed by atoms with Gasteiger partial charge in [-0.15, -0.1) is 0 Å². The number of halogens is 1. The van der Waals surface area contributed by atoms with Crippen molar-refractivity contribution >= 4 is 27.5 Å². The first kappa shape index (κ1) is 12.4. The Bertz CT molecular complexity index is 436. The van der Waals surface area contributed by atoms with Crippen molar-refractivity contribution in [3.63, 3.8) is 0 Å². The number of benzene rings is 1. The molecule has 86 valence electrons. The second-order valence-corrected chi connectivity index (χ2v) is 3.86. The van der Waals surface area contributed by atoms with Gasteiger partial charge >= 0.3 is 5.69 Å². The molecule has 0 aromatic heterocycles. The molecule has 0 radical (unpaired) electrons. The highest BCUT2D eigenvalue weighted by Crippen LogP contribution is 2.35. The number of primary amides is 1. The number of ether oxygens (including phenoxy) is 1. The van der Waals surface area contributed by atoms with Gasteiger partial charge < -0.3 is 10.5 Å². The molecule has 7 heteroatoms. The minimum atomic E-state index is -0.933. The number of nitrogens with two attached hydrogens (primary N) is 1. The lowest BCUT2D eigenvalue weighted by atomic mass is 10.3. The minimum Gasteiger partial charge on any atom is -0.473 e. The highest BCUT2D eigenvalue weighted by Gasteiger charge is 2.21. The van der Waals surface area contributed by atoms with E-state index in [1.165, 1.54) is 19.1 Å². The Kier molecular flexibility index (Phi) is 3.83. The van der Waals surface area contributed by atoms with Crippen molar-refractivity contribution in [2.45, 2.75) is 13.0 Å². The van der Waals surface area contributed by atoms with E-state index >= 15 is 0 Å². The van der Waals surface area contributed by atoms with Crippen molar-refractivity contribution in [1.82, 2.24) is 0 Å². The first-order valence-corrected chi connectivity index (χ1v) is 5.11. The summed E-state index contributed by atoms with van der Waals surface area (Å²) in [7, 11) is 0. The van der Waals surface area contributed by atoms with E-state index in [2.05, 4.69) is 15.9 Å². The number of para-hydroxylation sites is 1. The maximum absolute atomic E-state index is 10.8. The Morgan fingerprint density at radius 3 is 2.75 bits per heavy atom. The molecule has 1 amide bonds. The number of nitro groups is 1. The highest BCUT2D eigenvalue weighted by atomic mass is 79.9. The summed E-state index contributed by atoms with van der Waals surface area (Å²) >= 11 is 3.11. The zero-order chi connectivity index (χ0) is 12.3. The third-order valence-corrected chi connectivity index (χ3v) is 2.46. The molecule has 0 saturated heterocycles. The molecular weight excluding hydrogens is 280 g/mol. The molecule has 1 atom stereocenters. The lowest BCUT2D eigenvalue weighted by Crippen LogP contribution is -2.30. The van der Waals surface area contributed by atoms with Crippen LogP contribution in [0.2, 0.25) is 0 Å². The van der Waals surface area contributed by atoms with Crippen molar-refractivity contribution in [1.29, 1.82) is 0 Å². The molecule has 0 heterocycles. The zero-order valence-electron chi connectivity index (χ0n) is 8.34. The number of nitrogens with zero attached hydrogens (tertiary/aromatic N) is 1. The Balaban J connectivity index is 3.11. The molecule has 0 spiro atoms. The number of carbonyl (C=O) groups is 1. The van der Waals surface area contributed by atoms with Gasteiger partial charge in [0.2, 0.25) is 5.75 Å². The summed E-state index contributed by atoms with van der Waals surface area (Å²) in [4.78, 5) is 20.9. The SMILES string of the molecule is CC(Oc1c(Br)cccc1[N+](=O)[O-])C(N)=O. The number of hydrogen-bond acceptors (Lipinski definition) is 4. The fourth-order valence-electron chi connectivity index (χ4n) is 0.993. The van der Waals surface area contributed by atoms with E-state index in [0.29, 0.717) is 4.47 Å². The molecule has 1 rings (SSSR count). The molecule has 1 aromatic carbocycles. The second kappa shape index (κ2) is 4.93. The molecule has 1 aromatic rings. The van der Waals surface area contributed by atoms with Crippen LogP contribution in [0.1, 0.15) is 6.92 Å². The Hall–Kier alpha value is -1.63. The number of rotatable bonds is 4. The van der Waals surface area contributed by atoms with Gasteiger partial charge in [-0.2, -0.15) is 0 Å². The average Bonchev–Trinajstić information content (AvgIpc) is 2.20. The van der Waals surface area contributed by atoms with Gasteiger partial charge in [-0.25, -0.2) is 0 Å². The topological polar surface area (TPSA) is 95.5 Å². The smallest absolute Gasteiger partial charge is 0.312 e. The van der Waals surface area contributed by atoms with Gasteiger partial charge in [0.25, 0.3) is 5.91 Å². The van der Waals surface area contributed by atoms with Gasteiger partial charge in [0.1, 0.15) is 0 Å². The van der Waals surface area contributed by atoms with Crippen LogP contribution in [-0.2, 0) is 4.79 Å². The summed E-state index contributed by atoms with van der Waals surface area (Å²) in [5.74, 6) is -0.691. The number of amides is 1. The average molecular weight is 289 g/mol. The molecule has 0 saturated carbocycles. The van der Waals surface area contributed by atoms with Gasteiger partial charge in [0.15, 0.2) is 6.10 Å². The van der Waals surface area contributed by atoms with Crippen molar-refractivity contribution in [3.8, 4) is 5.75 Å². The van der Waals surface area contributed by atoms with Crippen LogP contribution in [-0.4, -0.2) is 16.9 Å². The lowest BCUT2D eigenvalue weighted by Gasteiger charge is -2.12. The van der Waals surface area contributed by atoms with Crippen LogP contribution in [0, 0.1) is 10.1 Å². The summed E-state index contributed by atoms with van der Waals surface area (Å²) in [5.41, 5.74) is 4.79. The first-order chi connectivity index (χ1) is 7.43. The highest BCUT2D eigenvalue weighted by molar-refractivity contribution is 9.10. The van der Waals surface area contributed by atoms with Gasteiger partial charge in [0.05, 0.1) is 9.40 Å². The van der Waals surface area contributed by atoms with E-state index in [1.807, 2.05) is 0 Å². The van der Waals surface area contributed by atoms with Crippen LogP contribution in [0.3, 0.4) is 0 Å². The van der Waals surface area contributed by atoms with Crippen LogP contribution < -0.4 is 10.5 Å². The van der Waals surface area contributed by atoms with E-state index in [9.17, 15) is 14.9 Å². The maximum atomic E-state index is 10.8. The monoisotopic (exact) mass is 288 g/mol. The van der Waals surface area contributed by atoms with Gasteiger partial charge in [-0.3, -0.25) is 14.9 Å². The molecule has 0 aliphatic rings. The molecule has 2 N–H and O–H groups in total. The summed E-state index contributed by atoms with van der Waals surface area (Å²) < 4.78 is 5.53. The quantitative estimate of drug-likeness (QED) is 0.672. The molecule has 0 aliphatic heterocycles. The standard InChI is InChI=1S/C9H9BrN2O4/c1-5(9(11)13)16-8-6(10)3-2-4-7(8)12(14)15/h2-5H,1H3,(H2,11,13). The predicted molar refractivity (Wildman–Crippen MR) is 60.1 cm³/mol. The van der Waals surface area contributed by atoms with Crippen LogP contribution in [0.4, 0.5) is 5.69 Å². The number of hydrogen-bond donors (Lipinski definition) is 1. The fourth-order valence-corrected chi connectivity index (χ4v) is 1.44. The summed E-state index contributed by atoms with van der Waals surface area (Å²) in [6.45, 7) is 1.42. The second-order valence-electron chi connectivity index (χ2n) is 3.01. The van der Waals surface area contributed by atoms with E-state index < -0.39 is 16.9 Å².